The van der Waals surface area contributed by atoms with E-state index in [4.69, 9.17) is 0 Å². The first-order chi connectivity index (χ1) is 10.2. The number of carboxylic acids is 1. The minimum Gasteiger partial charge on any atom is -0.478 e. The molecule has 21 heavy (non-hydrogen) atoms. The summed E-state index contributed by atoms with van der Waals surface area (Å²) in [5.74, 6) is -0.947. The summed E-state index contributed by atoms with van der Waals surface area (Å²) >= 11 is 0. The van der Waals surface area contributed by atoms with Crippen molar-refractivity contribution in [2.75, 3.05) is 0 Å². The fraction of sp³-hybridized carbons (Fsp3) is 0.0588. The molecule has 1 heterocycles. The van der Waals surface area contributed by atoms with Crippen LogP contribution in [-0.4, -0.2) is 21.9 Å². The highest BCUT2D eigenvalue weighted by molar-refractivity contribution is 5.97. The van der Waals surface area contributed by atoms with Crippen LogP contribution in [0.25, 0.3) is 10.9 Å². The summed E-state index contributed by atoms with van der Waals surface area (Å²) in [5, 5.41) is 10.1. The molecule has 0 aliphatic rings. The smallest absolute Gasteiger partial charge is 0.336 e. The number of aldehydes is 1. The zero-order valence-electron chi connectivity index (χ0n) is 11.2. The average Bonchev–Trinajstić information content (AvgIpc) is 2.86. The number of para-hydroxylation sites is 1. The largest absolute Gasteiger partial charge is 0.478 e. The number of aromatic carboxylic acids is 1. The highest BCUT2D eigenvalue weighted by Gasteiger charge is 2.12. The van der Waals surface area contributed by atoms with E-state index in [1.807, 2.05) is 34.9 Å². The van der Waals surface area contributed by atoms with E-state index in [0.29, 0.717) is 17.7 Å². The van der Waals surface area contributed by atoms with E-state index < -0.39 is 5.97 Å². The third-order valence-electron chi connectivity index (χ3n) is 3.53. The second kappa shape index (κ2) is 5.25. The minimum atomic E-state index is -0.947. The maximum atomic E-state index is 11.3. The number of carboxylic acid groups (broad SMARTS) is 1. The molecule has 3 rings (SSSR count). The van der Waals surface area contributed by atoms with Gasteiger partial charge in [0.2, 0.25) is 0 Å². The van der Waals surface area contributed by atoms with Crippen LogP contribution < -0.4 is 0 Å². The van der Waals surface area contributed by atoms with Crippen molar-refractivity contribution < 1.29 is 14.7 Å². The molecule has 0 saturated heterocycles. The molecular formula is C17H13NO3. The van der Waals surface area contributed by atoms with Gasteiger partial charge in [0.25, 0.3) is 0 Å². The van der Waals surface area contributed by atoms with Crippen molar-refractivity contribution in [1.29, 1.82) is 0 Å². The van der Waals surface area contributed by atoms with Crippen molar-refractivity contribution in [2.24, 2.45) is 0 Å². The summed E-state index contributed by atoms with van der Waals surface area (Å²) in [7, 11) is 0. The van der Waals surface area contributed by atoms with Crippen molar-refractivity contribution in [3.05, 3.63) is 71.4 Å². The molecule has 3 aromatic rings. The SMILES string of the molecule is O=Cc1cn(Cc2ccccc2C(=O)O)c2ccccc12. The van der Waals surface area contributed by atoms with Crippen molar-refractivity contribution in [3.63, 3.8) is 0 Å². The summed E-state index contributed by atoms with van der Waals surface area (Å²) in [6.07, 6.45) is 2.58. The number of carbonyl (C=O) groups excluding carboxylic acids is 1. The molecule has 0 spiro atoms. The topological polar surface area (TPSA) is 59.3 Å². The van der Waals surface area contributed by atoms with Gasteiger partial charge in [0.15, 0.2) is 6.29 Å². The number of nitrogens with zero attached hydrogens (tertiary/aromatic N) is 1. The number of hydrogen-bond acceptors (Lipinski definition) is 2. The zero-order chi connectivity index (χ0) is 14.8. The molecule has 0 bridgehead atoms. The maximum Gasteiger partial charge on any atom is 0.336 e. The van der Waals surface area contributed by atoms with Gasteiger partial charge in [0.05, 0.1) is 5.56 Å². The Kier molecular flexibility index (Phi) is 3.28. The van der Waals surface area contributed by atoms with Gasteiger partial charge in [0, 0.05) is 29.2 Å². The first-order valence-corrected chi connectivity index (χ1v) is 6.55. The van der Waals surface area contributed by atoms with E-state index in [2.05, 4.69) is 0 Å². The Morgan fingerprint density at radius 2 is 1.81 bits per heavy atom. The van der Waals surface area contributed by atoms with Crippen LogP contribution in [0.2, 0.25) is 0 Å². The lowest BCUT2D eigenvalue weighted by Crippen LogP contribution is -2.06. The molecule has 0 atom stereocenters. The van der Waals surface area contributed by atoms with E-state index >= 15 is 0 Å². The van der Waals surface area contributed by atoms with Crippen LogP contribution in [0.1, 0.15) is 26.3 Å². The maximum absolute atomic E-state index is 11.3. The van der Waals surface area contributed by atoms with Crippen molar-refractivity contribution in [3.8, 4) is 0 Å². The Morgan fingerprint density at radius 3 is 2.57 bits per heavy atom. The number of carbonyl (C=O) groups is 2. The summed E-state index contributed by atoms with van der Waals surface area (Å²) in [6, 6.07) is 14.5. The summed E-state index contributed by atoms with van der Waals surface area (Å²) in [4.78, 5) is 22.4. The van der Waals surface area contributed by atoms with Gasteiger partial charge in [-0.2, -0.15) is 0 Å². The average molecular weight is 279 g/mol. The van der Waals surface area contributed by atoms with Gasteiger partial charge in [-0.1, -0.05) is 36.4 Å². The molecule has 0 unspecified atom stereocenters. The molecule has 0 aliphatic heterocycles. The summed E-state index contributed by atoms with van der Waals surface area (Å²) in [6.45, 7) is 0.414. The number of rotatable bonds is 4. The summed E-state index contributed by atoms with van der Waals surface area (Å²) < 4.78 is 1.90. The Labute approximate surface area is 121 Å². The van der Waals surface area contributed by atoms with Crippen molar-refractivity contribution >= 4 is 23.2 Å². The predicted molar refractivity (Wildman–Crippen MR) is 79.8 cm³/mol. The van der Waals surface area contributed by atoms with Crippen LogP contribution in [0.4, 0.5) is 0 Å². The lowest BCUT2D eigenvalue weighted by Gasteiger charge is -2.08. The third kappa shape index (κ3) is 2.31. The highest BCUT2D eigenvalue weighted by Crippen LogP contribution is 2.22. The molecule has 0 radical (unpaired) electrons. The lowest BCUT2D eigenvalue weighted by molar-refractivity contribution is 0.0695. The molecule has 4 nitrogen and oxygen atoms in total. The number of hydrogen-bond donors (Lipinski definition) is 1. The van der Waals surface area contributed by atoms with Crippen LogP contribution in [0.15, 0.2) is 54.7 Å². The molecule has 0 saturated carbocycles. The van der Waals surface area contributed by atoms with Crippen LogP contribution in [0.5, 0.6) is 0 Å². The van der Waals surface area contributed by atoms with Gasteiger partial charge in [0.1, 0.15) is 0 Å². The Bertz CT molecular complexity index is 833. The zero-order valence-corrected chi connectivity index (χ0v) is 11.2. The van der Waals surface area contributed by atoms with E-state index in [9.17, 15) is 14.7 Å². The first-order valence-electron chi connectivity index (χ1n) is 6.55. The van der Waals surface area contributed by atoms with Gasteiger partial charge >= 0.3 is 5.97 Å². The molecule has 0 fully saturated rings. The Morgan fingerprint density at radius 1 is 1.10 bits per heavy atom. The normalized spacial score (nSPS) is 10.7. The van der Waals surface area contributed by atoms with Crippen LogP contribution in [-0.2, 0) is 6.54 Å². The van der Waals surface area contributed by atoms with Crippen molar-refractivity contribution in [1.82, 2.24) is 4.57 Å². The van der Waals surface area contributed by atoms with Crippen molar-refractivity contribution in [2.45, 2.75) is 6.54 Å². The molecule has 4 heteroatoms. The Balaban J connectivity index is 2.11. The molecule has 1 aromatic heterocycles. The fourth-order valence-electron chi connectivity index (χ4n) is 2.55. The van der Waals surface area contributed by atoms with E-state index in [-0.39, 0.29) is 5.56 Å². The van der Waals surface area contributed by atoms with Gasteiger partial charge < -0.3 is 9.67 Å². The molecule has 0 aliphatic carbocycles. The van der Waals surface area contributed by atoms with Gasteiger partial charge in [-0.25, -0.2) is 4.79 Å². The highest BCUT2D eigenvalue weighted by atomic mass is 16.4. The van der Waals surface area contributed by atoms with Crippen LogP contribution >= 0.6 is 0 Å². The van der Waals surface area contributed by atoms with E-state index in [1.54, 1.807) is 24.4 Å². The molecular weight excluding hydrogens is 266 g/mol. The quantitative estimate of drug-likeness (QED) is 0.746. The number of fused-ring (bicyclic) bond motifs is 1. The monoisotopic (exact) mass is 279 g/mol. The standard InChI is InChI=1S/C17H13NO3/c19-11-13-10-18(16-8-4-3-6-14(13)16)9-12-5-1-2-7-15(12)17(20)21/h1-8,10-11H,9H2,(H,20,21). The fourth-order valence-corrected chi connectivity index (χ4v) is 2.55. The third-order valence-corrected chi connectivity index (χ3v) is 3.53. The number of aromatic nitrogens is 1. The number of benzene rings is 2. The van der Waals surface area contributed by atoms with Crippen LogP contribution in [0.3, 0.4) is 0 Å². The van der Waals surface area contributed by atoms with E-state index in [1.165, 1.54) is 0 Å². The van der Waals surface area contributed by atoms with E-state index in [0.717, 1.165) is 17.2 Å². The molecule has 1 N–H and O–H groups in total. The van der Waals surface area contributed by atoms with Gasteiger partial charge in [-0.05, 0) is 17.7 Å². The predicted octanol–water partition coefficient (Wildman–Crippen LogP) is 3.20. The van der Waals surface area contributed by atoms with Crippen LogP contribution in [0, 0.1) is 0 Å². The first kappa shape index (κ1) is 13.1. The second-order valence-electron chi connectivity index (χ2n) is 4.81. The second-order valence-corrected chi connectivity index (χ2v) is 4.81. The van der Waals surface area contributed by atoms with Gasteiger partial charge in [-0.15, -0.1) is 0 Å². The lowest BCUT2D eigenvalue weighted by atomic mass is 10.1. The summed E-state index contributed by atoms with van der Waals surface area (Å²) in [5.41, 5.74) is 2.52. The minimum absolute atomic E-state index is 0.280. The molecule has 0 amide bonds. The molecule has 104 valence electrons. The van der Waals surface area contributed by atoms with Gasteiger partial charge in [-0.3, -0.25) is 4.79 Å². The Hall–Kier alpha value is -2.88. The molecule has 2 aromatic carbocycles.